The van der Waals surface area contributed by atoms with Gasteiger partial charge in [-0.1, -0.05) is 0 Å². The standard InChI is InChI=1S/C7H14N2O3/c1-3-11-7(10)5-4-6(8)9(2)12-5/h5-6H,3-4,8H2,1-2H3/t5-,6-/m1/s1. The minimum Gasteiger partial charge on any atom is -0.464 e. The highest BCUT2D eigenvalue weighted by Crippen LogP contribution is 2.16. The van der Waals surface area contributed by atoms with Gasteiger partial charge in [0.05, 0.1) is 12.8 Å². The van der Waals surface area contributed by atoms with E-state index in [1.165, 1.54) is 5.06 Å². The Bertz CT molecular complexity index is 164. The van der Waals surface area contributed by atoms with E-state index >= 15 is 0 Å². The number of carbonyl (C=O) groups excluding carboxylic acids is 1. The predicted molar refractivity (Wildman–Crippen MR) is 41.9 cm³/mol. The van der Waals surface area contributed by atoms with E-state index in [1.54, 1.807) is 14.0 Å². The van der Waals surface area contributed by atoms with Crippen LogP contribution in [0.2, 0.25) is 0 Å². The van der Waals surface area contributed by atoms with Gasteiger partial charge in [-0.25, -0.2) is 4.79 Å². The van der Waals surface area contributed by atoms with Crippen LogP contribution in [0.15, 0.2) is 0 Å². The Morgan fingerprint density at radius 3 is 2.92 bits per heavy atom. The molecule has 2 atom stereocenters. The summed E-state index contributed by atoms with van der Waals surface area (Å²) in [7, 11) is 1.70. The molecular weight excluding hydrogens is 160 g/mol. The normalized spacial score (nSPS) is 30.6. The van der Waals surface area contributed by atoms with E-state index in [4.69, 9.17) is 15.3 Å². The van der Waals surface area contributed by atoms with Crippen LogP contribution in [0.3, 0.4) is 0 Å². The zero-order valence-corrected chi connectivity index (χ0v) is 7.32. The number of hydrogen-bond acceptors (Lipinski definition) is 5. The molecular formula is C7H14N2O3. The van der Waals surface area contributed by atoms with Gasteiger partial charge in [0.1, 0.15) is 0 Å². The van der Waals surface area contributed by atoms with Crippen molar-refractivity contribution in [3.8, 4) is 0 Å². The molecule has 1 aliphatic rings. The van der Waals surface area contributed by atoms with Crippen molar-refractivity contribution in [3.63, 3.8) is 0 Å². The lowest BCUT2D eigenvalue weighted by Crippen LogP contribution is -2.31. The smallest absolute Gasteiger partial charge is 0.337 e. The Kier molecular flexibility index (Phi) is 3.02. The van der Waals surface area contributed by atoms with Gasteiger partial charge >= 0.3 is 5.97 Å². The Morgan fingerprint density at radius 1 is 1.83 bits per heavy atom. The summed E-state index contributed by atoms with van der Waals surface area (Å²) in [5, 5.41) is 1.47. The molecule has 0 spiro atoms. The van der Waals surface area contributed by atoms with Crippen molar-refractivity contribution in [2.75, 3.05) is 13.7 Å². The third-order valence-corrected chi connectivity index (χ3v) is 1.77. The minimum absolute atomic E-state index is 0.209. The largest absolute Gasteiger partial charge is 0.464 e. The van der Waals surface area contributed by atoms with E-state index in [1.807, 2.05) is 0 Å². The van der Waals surface area contributed by atoms with Gasteiger partial charge in [-0.15, -0.1) is 0 Å². The molecule has 0 aliphatic carbocycles. The quantitative estimate of drug-likeness (QED) is 0.570. The lowest BCUT2D eigenvalue weighted by Gasteiger charge is -2.11. The summed E-state index contributed by atoms with van der Waals surface area (Å²) in [6.07, 6.45) is -0.237. The topological polar surface area (TPSA) is 64.8 Å². The van der Waals surface area contributed by atoms with Gasteiger partial charge in [-0.2, -0.15) is 5.06 Å². The molecule has 0 saturated carbocycles. The maximum Gasteiger partial charge on any atom is 0.337 e. The van der Waals surface area contributed by atoms with Crippen LogP contribution in [0.4, 0.5) is 0 Å². The molecule has 0 aromatic carbocycles. The first-order valence-electron chi connectivity index (χ1n) is 3.97. The van der Waals surface area contributed by atoms with Gasteiger partial charge in [0, 0.05) is 13.5 Å². The molecule has 1 saturated heterocycles. The Hall–Kier alpha value is -0.650. The molecule has 5 nitrogen and oxygen atoms in total. The molecule has 1 fully saturated rings. The van der Waals surface area contributed by atoms with Gasteiger partial charge in [-0.05, 0) is 6.92 Å². The fraction of sp³-hybridized carbons (Fsp3) is 0.857. The summed E-state index contributed by atoms with van der Waals surface area (Å²) in [5.74, 6) is -0.336. The van der Waals surface area contributed by atoms with Crippen LogP contribution in [0, 0.1) is 0 Å². The van der Waals surface area contributed by atoms with Crippen molar-refractivity contribution >= 4 is 5.97 Å². The monoisotopic (exact) mass is 174 g/mol. The molecule has 0 amide bonds. The lowest BCUT2D eigenvalue weighted by atomic mass is 10.2. The Labute approximate surface area is 71.4 Å². The van der Waals surface area contributed by atoms with Crippen LogP contribution in [-0.4, -0.2) is 37.0 Å². The molecule has 0 aromatic rings. The SMILES string of the molecule is CCOC(=O)[C@H]1C[C@H](N)N(C)O1. The van der Waals surface area contributed by atoms with Gasteiger partial charge in [0.15, 0.2) is 6.10 Å². The van der Waals surface area contributed by atoms with Gasteiger partial charge in [0.25, 0.3) is 0 Å². The molecule has 1 aliphatic heterocycles. The number of ether oxygens (including phenoxy) is 1. The van der Waals surface area contributed by atoms with Crippen LogP contribution in [0.5, 0.6) is 0 Å². The molecule has 12 heavy (non-hydrogen) atoms. The maximum atomic E-state index is 11.1. The Balaban J connectivity index is 2.40. The van der Waals surface area contributed by atoms with Gasteiger partial charge in [-0.3, -0.25) is 4.84 Å². The molecule has 0 aromatic heterocycles. The summed E-state index contributed by atoms with van der Waals surface area (Å²) < 4.78 is 4.78. The first kappa shape index (κ1) is 9.44. The second-order valence-corrected chi connectivity index (χ2v) is 2.70. The van der Waals surface area contributed by atoms with E-state index in [0.29, 0.717) is 13.0 Å². The highest BCUT2D eigenvalue weighted by Gasteiger charge is 2.34. The zero-order chi connectivity index (χ0) is 9.14. The molecule has 1 heterocycles. The van der Waals surface area contributed by atoms with Crippen LogP contribution in [0.1, 0.15) is 13.3 Å². The summed E-state index contributed by atoms with van der Waals surface area (Å²) in [4.78, 5) is 16.2. The predicted octanol–water partition coefficient (Wildman–Crippen LogP) is -0.530. The van der Waals surface area contributed by atoms with E-state index < -0.39 is 6.10 Å². The fourth-order valence-electron chi connectivity index (χ4n) is 1.06. The van der Waals surface area contributed by atoms with Crippen molar-refractivity contribution in [1.82, 2.24) is 5.06 Å². The van der Waals surface area contributed by atoms with Crippen LogP contribution in [-0.2, 0) is 14.4 Å². The Morgan fingerprint density at radius 2 is 2.50 bits per heavy atom. The fourth-order valence-corrected chi connectivity index (χ4v) is 1.06. The highest BCUT2D eigenvalue weighted by atomic mass is 16.7. The third kappa shape index (κ3) is 1.94. The number of nitrogens with zero attached hydrogens (tertiary/aromatic N) is 1. The average Bonchev–Trinajstić information content (AvgIpc) is 2.33. The van der Waals surface area contributed by atoms with Crippen molar-refractivity contribution < 1.29 is 14.4 Å². The van der Waals surface area contributed by atoms with Gasteiger partial charge < -0.3 is 10.5 Å². The van der Waals surface area contributed by atoms with Crippen LogP contribution >= 0.6 is 0 Å². The van der Waals surface area contributed by atoms with E-state index in [9.17, 15) is 4.79 Å². The lowest BCUT2D eigenvalue weighted by molar-refractivity contribution is -0.180. The first-order valence-corrected chi connectivity index (χ1v) is 3.97. The number of rotatable bonds is 2. The number of hydroxylamine groups is 2. The molecule has 5 heteroatoms. The van der Waals surface area contributed by atoms with E-state index in [0.717, 1.165) is 0 Å². The molecule has 0 radical (unpaired) electrons. The van der Waals surface area contributed by atoms with Crippen LogP contribution in [0.25, 0.3) is 0 Å². The van der Waals surface area contributed by atoms with Crippen molar-refractivity contribution in [3.05, 3.63) is 0 Å². The summed E-state index contributed by atoms with van der Waals surface area (Å²) in [6.45, 7) is 2.13. The average molecular weight is 174 g/mol. The van der Waals surface area contributed by atoms with E-state index in [-0.39, 0.29) is 12.1 Å². The van der Waals surface area contributed by atoms with Crippen molar-refractivity contribution in [2.24, 2.45) is 5.73 Å². The highest BCUT2D eigenvalue weighted by molar-refractivity contribution is 5.74. The molecule has 0 bridgehead atoms. The molecule has 0 unspecified atom stereocenters. The third-order valence-electron chi connectivity index (χ3n) is 1.77. The maximum absolute atomic E-state index is 11.1. The number of hydrogen-bond donors (Lipinski definition) is 1. The zero-order valence-electron chi connectivity index (χ0n) is 7.32. The molecule has 2 N–H and O–H groups in total. The molecule has 1 rings (SSSR count). The molecule has 70 valence electrons. The van der Waals surface area contributed by atoms with Crippen LogP contribution < -0.4 is 5.73 Å². The van der Waals surface area contributed by atoms with E-state index in [2.05, 4.69) is 0 Å². The van der Waals surface area contributed by atoms with Gasteiger partial charge in [0.2, 0.25) is 0 Å². The van der Waals surface area contributed by atoms with Crippen molar-refractivity contribution in [1.29, 1.82) is 0 Å². The first-order chi connectivity index (χ1) is 5.65. The second kappa shape index (κ2) is 3.84. The number of carbonyl (C=O) groups is 1. The minimum atomic E-state index is -0.523. The number of nitrogens with two attached hydrogens (primary N) is 1. The second-order valence-electron chi connectivity index (χ2n) is 2.70. The van der Waals surface area contributed by atoms with Crippen molar-refractivity contribution in [2.45, 2.75) is 25.6 Å². The summed E-state index contributed by atoms with van der Waals surface area (Å²) in [6, 6.07) is 0. The summed E-state index contributed by atoms with van der Waals surface area (Å²) >= 11 is 0. The summed E-state index contributed by atoms with van der Waals surface area (Å²) in [5.41, 5.74) is 5.60. The number of esters is 1.